The molecular weight excluding hydrogens is 286 g/mol. The zero-order valence-corrected chi connectivity index (χ0v) is 12.0. The number of carbonyl (C=O) groups excluding carboxylic acids is 1. The van der Waals surface area contributed by atoms with E-state index in [0.717, 1.165) is 5.56 Å². The number of hydrogen-bond donors (Lipinski definition) is 1. The lowest BCUT2D eigenvalue weighted by Crippen LogP contribution is -2.14. The molecule has 0 aliphatic heterocycles. The lowest BCUT2D eigenvalue weighted by Gasteiger charge is -2.04. The first kappa shape index (κ1) is 13.3. The van der Waals surface area contributed by atoms with Crippen molar-refractivity contribution in [1.29, 1.82) is 0 Å². The van der Waals surface area contributed by atoms with Crippen LogP contribution in [0.25, 0.3) is 10.7 Å². The minimum Gasteiger partial charge on any atom is -0.305 e. The molecule has 7 heteroatoms. The van der Waals surface area contributed by atoms with Crippen LogP contribution in [-0.4, -0.2) is 25.8 Å². The molecule has 21 heavy (non-hydrogen) atoms. The monoisotopic (exact) mass is 297 g/mol. The fourth-order valence-electron chi connectivity index (χ4n) is 1.69. The van der Waals surface area contributed by atoms with Crippen LogP contribution in [0.2, 0.25) is 0 Å². The van der Waals surface area contributed by atoms with E-state index in [-0.39, 0.29) is 5.91 Å². The molecule has 3 rings (SSSR count). The maximum absolute atomic E-state index is 12.2. The number of anilines is 1. The second kappa shape index (κ2) is 5.76. The summed E-state index contributed by atoms with van der Waals surface area (Å²) in [6.45, 7) is 1.88. The summed E-state index contributed by atoms with van der Waals surface area (Å²) in [7, 11) is 0. The molecule has 3 aromatic heterocycles. The van der Waals surface area contributed by atoms with E-state index in [2.05, 4.69) is 25.3 Å². The molecule has 6 nitrogen and oxygen atoms in total. The number of nitrogens with one attached hydrogen (secondary N) is 1. The number of nitrogens with zero attached hydrogens (tertiary/aromatic N) is 4. The van der Waals surface area contributed by atoms with Crippen molar-refractivity contribution in [2.24, 2.45) is 0 Å². The zero-order valence-electron chi connectivity index (χ0n) is 11.1. The first-order valence-electron chi connectivity index (χ1n) is 6.19. The van der Waals surface area contributed by atoms with E-state index in [1.54, 1.807) is 30.2 Å². The van der Waals surface area contributed by atoms with Gasteiger partial charge in [-0.2, -0.15) is 0 Å². The van der Waals surface area contributed by atoms with Crippen molar-refractivity contribution in [3.63, 3.8) is 0 Å². The quantitative estimate of drug-likeness (QED) is 0.803. The van der Waals surface area contributed by atoms with Gasteiger partial charge in [0, 0.05) is 24.0 Å². The Morgan fingerprint density at radius 1 is 1.24 bits per heavy atom. The Hall–Kier alpha value is -2.67. The van der Waals surface area contributed by atoms with Gasteiger partial charge in [0.2, 0.25) is 0 Å². The van der Waals surface area contributed by atoms with Gasteiger partial charge in [0.15, 0.2) is 0 Å². The molecule has 0 bridgehead atoms. The molecule has 0 unspecified atom stereocenters. The van der Waals surface area contributed by atoms with Crippen LogP contribution < -0.4 is 5.32 Å². The van der Waals surface area contributed by atoms with Crippen molar-refractivity contribution < 1.29 is 4.79 Å². The minimum absolute atomic E-state index is 0.289. The summed E-state index contributed by atoms with van der Waals surface area (Å²) < 4.78 is 0. The third-order valence-corrected chi connectivity index (χ3v) is 3.63. The van der Waals surface area contributed by atoms with Gasteiger partial charge in [-0.25, -0.2) is 9.97 Å². The molecule has 0 saturated carbocycles. The molecule has 0 radical (unpaired) electrons. The Balaban J connectivity index is 1.80. The predicted octanol–water partition coefficient (Wildman–Crippen LogP) is 2.56. The van der Waals surface area contributed by atoms with Crippen LogP contribution in [0.4, 0.5) is 5.82 Å². The lowest BCUT2D eigenvalue weighted by molar-refractivity contribution is 0.102. The van der Waals surface area contributed by atoms with Crippen molar-refractivity contribution in [2.45, 2.75) is 6.92 Å². The minimum atomic E-state index is -0.289. The number of rotatable bonds is 3. The van der Waals surface area contributed by atoms with Gasteiger partial charge in [0.05, 0.1) is 6.20 Å². The van der Waals surface area contributed by atoms with Crippen LogP contribution in [0.5, 0.6) is 0 Å². The van der Waals surface area contributed by atoms with Crippen molar-refractivity contribution in [1.82, 2.24) is 19.9 Å². The number of hydrogen-bond acceptors (Lipinski definition) is 6. The first-order valence-corrected chi connectivity index (χ1v) is 7.07. The molecular formula is C14H11N5OS. The Kier molecular flexibility index (Phi) is 3.65. The Bertz CT molecular complexity index is 772. The van der Waals surface area contributed by atoms with Crippen LogP contribution in [0.1, 0.15) is 16.1 Å². The normalized spacial score (nSPS) is 10.3. The Morgan fingerprint density at radius 2 is 2.14 bits per heavy atom. The molecule has 0 fully saturated rings. The molecule has 3 aromatic rings. The van der Waals surface area contributed by atoms with Gasteiger partial charge in [0.1, 0.15) is 22.2 Å². The molecule has 0 aliphatic rings. The van der Waals surface area contributed by atoms with Crippen LogP contribution in [0.3, 0.4) is 0 Å². The van der Waals surface area contributed by atoms with E-state index in [0.29, 0.717) is 22.2 Å². The van der Waals surface area contributed by atoms with E-state index in [1.165, 1.54) is 11.3 Å². The first-order chi connectivity index (χ1) is 10.2. The molecule has 0 aliphatic carbocycles. The number of pyridine rings is 1. The largest absolute Gasteiger partial charge is 0.305 e. The highest BCUT2D eigenvalue weighted by molar-refractivity contribution is 7.13. The molecule has 3 heterocycles. The van der Waals surface area contributed by atoms with Crippen LogP contribution in [-0.2, 0) is 0 Å². The average molecular weight is 297 g/mol. The van der Waals surface area contributed by atoms with Crippen LogP contribution in [0, 0.1) is 6.92 Å². The molecule has 0 aromatic carbocycles. The summed E-state index contributed by atoms with van der Waals surface area (Å²) >= 11 is 1.35. The topological polar surface area (TPSA) is 80.7 Å². The summed E-state index contributed by atoms with van der Waals surface area (Å²) in [5.74, 6) is 0.250. The van der Waals surface area contributed by atoms with Gasteiger partial charge < -0.3 is 5.32 Å². The third kappa shape index (κ3) is 2.92. The van der Waals surface area contributed by atoms with Gasteiger partial charge in [-0.3, -0.25) is 14.8 Å². The average Bonchev–Trinajstić information content (AvgIpc) is 3.00. The summed E-state index contributed by atoms with van der Waals surface area (Å²) in [4.78, 5) is 28.7. The standard InChI is InChI=1S/C14H11N5OS/c1-9-3-2-4-17-12(9)19-13(20)11-8-21-14(18-11)10-7-15-5-6-16-10/h2-8H,1H3,(H,17,19,20). The fraction of sp³-hybridized carbons (Fsp3) is 0.0714. The second-order valence-electron chi connectivity index (χ2n) is 4.25. The van der Waals surface area contributed by atoms with Gasteiger partial charge in [-0.1, -0.05) is 6.07 Å². The molecule has 1 amide bonds. The van der Waals surface area contributed by atoms with Crippen molar-refractivity contribution in [3.05, 3.63) is 53.6 Å². The maximum Gasteiger partial charge on any atom is 0.276 e. The smallest absolute Gasteiger partial charge is 0.276 e. The van der Waals surface area contributed by atoms with Crippen LogP contribution in [0.15, 0.2) is 42.3 Å². The van der Waals surface area contributed by atoms with Crippen molar-refractivity contribution >= 4 is 23.1 Å². The van der Waals surface area contributed by atoms with E-state index < -0.39 is 0 Å². The number of amides is 1. The van der Waals surface area contributed by atoms with E-state index in [4.69, 9.17) is 0 Å². The Labute approximate surface area is 125 Å². The highest BCUT2D eigenvalue weighted by atomic mass is 32.1. The predicted molar refractivity (Wildman–Crippen MR) is 80.1 cm³/mol. The van der Waals surface area contributed by atoms with E-state index in [9.17, 15) is 4.79 Å². The summed E-state index contributed by atoms with van der Waals surface area (Å²) in [5, 5.41) is 5.10. The molecule has 0 atom stereocenters. The van der Waals surface area contributed by atoms with Crippen molar-refractivity contribution in [3.8, 4) is 10.7 Å². The summed E-state index contributed by atoms with van der Waals surface area (Å²) in [6.07, 6.45) is 6.43. The van der Waals surface area contributed by atoms with E-state index >= 15 is 0 Å². The third-order valence-electron chi connectivity index (χ3n) is 2.76. The van der Waals surface area contributed by atoms with Gasteiger partial charge in [-0.15, -0.1) is 11.3 Å². The summed E-state index contributed by atoms with van der Waals surface area (Å²) in [6, 6.07) is 3.70. The molecule has 104 valence electrons. The number of carbonyl (C=O) groups is 1. The van der Waals surface area contributed by atoms with Gasteiger partial charge in [-0.05, 0) is 18.6 Å². The molecule has 0 saturated heterocycles. The zero-order chi connectivity index (χ0) is 14.7. The second-order valence-corrected chi connectivity index (χ2v) is 5.11. The maximum atomic E-state index is 12.2. The van der Waals surface area contributed by atoms with Crippen molar-refractivity contribution in [2.75, 3.05) is 5.32 Å². The highest BCUT2D eigenvalue weighted by Gasteiger charge is 2.14. The number of thiazole rings is 1. The molecule has 1 N–H and O–H groups in total. The van der Waals surface area contributed by atoms with Gasteiger partial charge >= 0.3 is 0 Å². The molecule has 0 spiro atoms. The number of aryl methyl sites for hydroxylation is 1. The SMILES string of the molecule is Cc1cccnc1NC(=O)c1csc(-c2cnccn2)n1. The lowest BCUT2D eigenvalue weighted by atomic mass is 10.3. The summed E-state index contributed by atoms with van der Waals surface area (Å²) in [5.41, 5.74) is 1.89. The van der Waals surface area contributed by atoms with Gasteiger partial charge in [0.25, 0.3) is 5.91 Å². The van der Waals surface area contributed by atoms with Crippen LogP contribution >= 0.6 is 11.3 Å². The Morgan fingerprint density at radius 3 is 2.90 bits per heavy atom. The number of aromatic nitrogens is 4. The fourth-order valence-corrected chi connectivity index (χ4v) is 2.45. The van der Waals surface area contributed by atoms with E-state index in [1.807, 2.05) is 19.1 Å². The highest BCUT2D eigenvalue weighted by Crippen LogP contribution is 2.21.